The number of ether oxygens (including phenoxy) is 3. The zero-order valence-electron chi connectivity index (χ0n) is 14.5. The van der Waals surface area contributed by atoms with Crippen molar-refractivity contribution in [1.29, 1.82) is 0 Å². The zero-order valence-corrected chi connectivity index (χ0v) is 15.3. The Morgan fingerprint density at radius 3 is 2.42 bits per heavy atom. The van der Waals surface area contributed by atoms with Crippen molar-refractivity contribution in [3.63, 3.8) is 0 Å². The van der Waals surface area contributed by atoms with Crippen molar-refractivity contribution >= 4 is 28.2 Å². The number of benzene rings is 1. The minimum absolute atomic E-state index is 0.00955. The van der Waals surface area contributed by atoms with Gasteiger partial charge in [0.1, 0.15) is 5.00 Å². The molecule has 0 fully saturated rings. The molecule has 0 unspecified atom stereocenters. The topological polar surface area (TPSA) is 73.9 Å². The van der Waals surface area contributed by atoms with Gasteiger partial charge in [0, 0.05) is 10.4 Å². The fourth-order valence-corrected chi connectivity index (χ4v) is 3.28. The Hall–Kier alpha value is -2.68. The van der Waals surface area contributed by atoms with E-state index in [4.69, 9.17) is 9.47 Å². The number of esters is 1. The van der Waals surface area contributed by atoms with Crippen molar-refractivity contribution in [3.05, 3.63) is 39.8 Å². The van der Waals surface area contributed by atoms with Crippen LogP contribution in [-0.2, 0) is 4.74 Å². The van der Waals surface area contributed by atoms with E-state index >= 15 is 0 Å². The number of halogens is 2. The summed E-state index contributed by atoms with van der Waals surface area (Å²) in [7, 11) is 2.53. The lowest BCUT2D eigenvalue weighted by molar-refractivity contribution is -0.0512. The first-order valence-corrected chi connectivity index (χ1v) is 8.22. The number of anilines is 1. The van der Waals surface area contributed by atoms with Gasteiger partial charge in [0.25, 0.3) is 5.91 Å². The van der Waals surface area contributed by atoms with Crippen molar-refractivity contribution in [2.75, 3.05) is 19.5 Å². The number of amides is 1. The number of carbonyl (C=O) groups is 2. The van der Waals surface area contributed by atoms with Crippen LogP contribution >= 0.6 is 11.3 Å². The Balaban J connectivity index is 2.31. The first-order chi connectivity index (χ1) is 12.3. The number of nitrogens with one attached hydrogen (secondary N) is 1. The summed E-state index contributed by atoms with van der Waals surface area (Å²) in [6.45, 7) is 0.567. The predicted octanol–water partition coefficient (Wildman–Crippen LogP) is 4.01. The molecule has 1 amide bonds. The molecule has 0 spiro atoms. The fraction of sp³-hybridized carbons (Fsp3) is 0.294. The fourth-order valence-electron chi connectivity index (χ4n) is 2.24. The lowest BCUT2D eigenvalue weighted by atomic mass is 10.1. The molecular formula is C17H17F2NO5S. The van der Waals surface area contributed by atoms with Gasteiger partial charge in [-0.15, -0.1) is 11.3 Å². The predicted molar refractivity (Wildman–Crippen MR) is 92.7 cm³/mol. The molecule has 0 saturated heterocycles. The standard InChI is InChI=1S/C17H17F2NO5S/c1-8-9(2)26-15(13(8)16(22)24-4)20-14(21)10-5-6-11(25-17(18)19)12(7-10)23-3/h5-7,17H,1-4H3,(H,20,21). The van der Waals surface area contributed by atoms with Crippen molar-refractivity contribution in [3.8, 4) is 11.5 Å². The summed E-state index contributed by atoms with van der Waals surface area (Å²) < 4.78 is 38.8. The normalized spacial score (nSPS) is 10.6. The molecule has 0 bridgehead atoms. The third-order valence-corrected chi connectivity index (χ3v) is 4.77. The van der Waals surface area contributed by atoms with Gasteiger partial charge < -0.3 is 19.5 Å². The van der Waals surface area contributed by atoms with Gasteiger partial charge in [0.15, 0.2) is 11.5 Å². The zero-order chi connectivity index (χ0) is 19.4. The van der Waals surface area contributed by atoms with Gasteiger partial charge in [-0.2, -0.15) is 8.78 Å². The van der Waals surface area contributed by atoms with Gasteiger partial charge in [-0.25, -0.2) is 4.79 Å². The molecule has 0 aliphatic carbocycles. The van der Waals surface area contributed by atoms with E-state index in [9.17, 15) is 18.4 Å². The van der Waals surface area contributed by atoms with Gasteiger partial charge in [0.2, 0.25) is 0 Å². The number of alkyl halides is 2. The molecule has 1 aromatic carbocycles. The molecule has 1 aromatic heterocycles. The van der Waals surface area contributed by atoms with Crippen molar-refractivity contribution in [1.82, 2.24) is 0 Å². The SMILES string of the molecule is COC(=O)c1c(NC(=O)c2ccc(OC(F)F)c(OC)c2)sc(C)c1C. The van der Waals surface area contributed by atoms with E-state index in [2.05, 4.69) is 10.1 Å². The van der Waals surface area contributed by atoms with Crippen LogP contribution in [0.2, 0.25) is 0 Å². The number of hydrogen-bond acceptors (Lipinski definition) is 6. The van der Waals surface area contributed by atoms with Crippen LogP contribution in [0.1, 0.15) is 31.2 Å². The van der Waals surface area contributed by atoms with Crippen LogP contribution in [0, 0.1) is 13.8 Å². The Kier molecular flexibility index (Phi) is 6.14. The van der Waals surface area contributed by atoms with Gasteiger partial charge in [0.05, 0.1) is 19.8 Å². The minimum Gasteiger partial charge on any atom is -0.493 e. The van der Waals surface area contributed by atoms with Gasteiger partial charge in [-0.05, 0) is 37.6 Å². The summed E-state index contributed by atoms with van der Waals surface area (Å²) in [5, 5.41) is 3.00. The second kappa shape index (κ2) is 8.13. The first kappa shape index (κ1) is 19.6. The number of carbonyl (C=O) groups excluding carboxylic acids is 2. The molecule has 0 saturated carbocycles. The van der Waals surface area contributed by atoms with Gasteiger partial charge >= 0.3 is 12.6 Å². The average Bonchev–Trinajstić information content (AvgIpc) is 2.87. The summed E-state index contributed by atoms with van der Waals surface area (Å²) in [5.74, 6) is -1.28. The van der Waals surface area contributed by atoms with Gasteiger partial charge in [-0.3, -0.25) is 4.79 Å². The van der Waals surface area contributed by atoms with Crippen molar-refractivity contribution < 1.29 is 32.6 Å². The smallest absolute Gasteiger partial charge is 0.387 e. The summed E-state index contributed by atoms with van der Waals surface area (Å²) >= 11 is 1.24. The van der Waals surface area contributed by atoms with E-state index in [0.29, 0.717) is 5.00 Å². The highest BCUT2D eigenvalue weighted by atomic mass is 32.1. The molecule has 6 nitrogen and oxygen atoms in total. The second-order valence-electron chi connectivity index (χ2n) is 5.18. The average molecular weight is 385 g/mol. The van der Waals surface area contributed by atoms with Crippen LogP contribution in [0.3, 0.4) is 0 Å². The van der Waals surface area contributed by atoms with E-state index in [1.165, 1.54) is 43.8 Å². The van der Waals surface area contributed by atoms with Crippen LogP contribution < -0.4 is 14.8 Å². The molecule has 0 aliphatic heterocycles. The lowest BCUT2D eigenvalue weighted by Gasteiger charge is -2.11. The van der Waals surface area contributed by atoms with Crippen molar-refractivity contribution in [2.24, 2.45) is 0 Å². The van der Waals surface area contributed by atoms with Crippen LogP contribution in [-0.4, -0.2) is 32.7 Å². The summed E-state index contributed by atoms with van der Waals surface area (Å²) in [6.07, 6.45) is 0. The molecular weight excluding hydrogens is 368 g/mol. The van der Waals surface area contributed by atoms with Crippen molar-refractivity contribution in [2.45, 2.75) is 20.5 Å². The molecule has 2 rings (SSSR count). The maximum absolute atomic E-state index is 12.5. The molecule has 140 valence electrons. The largest absolute Gasteiger partial charge is 0.493 e. The Morgan fingerprint density at radius 1 is 1.15 bits per heavy atom. The highest BCUT2D eigenvalue weighted by Gasteiger charge is 2.22. The Bertz CT molecular complexity index is 835. The summed E-state index contributed by atoms with van der Waals surface area (Å²) in [6, 6.07) is 3.81. The van der Waals surface area contributed by atoms with Crippen LogP contribution in [0.5, 0.6) is 11.5 Å². The molecule has 1 heterocycles. The van der Waals surface area contributed by atoms with Gasteiger partial charge in [-0.1, -0.05) is 0 Å². The molecule has 0 aliphatic rings. The number of aryl methyl sites for hydroxylation is 1. The number of methoxy groups -OCH3 is 2. The lowest BCUT2D eigenvalue weighted by Crippen LogP contribution is -2.14. The quantitative estimate of drug-likeness (QED) is 0.761. The van der Waals surface area contributed by atoms with Crippen LogP contribution in [0.4, 0.5) is 13.8 Å². The Labute approximate surface area is 152 Å². The van der Waals surface area contributed by atoms with Crippen LogP contribution in [0.25, 0.3) is 0 Å². The molecule has 9 heteroatoms. The molecule has 2 aromatic rings. The second-order valence-corrected chi connectivity index (χ2v) is 6.40. The van der Waals surface area contributed by atoms with Crippen LogP contribution in [0.15, 0.2) is 18.2 Å². The minimum atomic E-state index is -3.01. The number of thiophene rings is 1. The highest BCUT2D eigenvalue weighted by Crippen LogP contribution is 2.34. The summed E-state index contributed by atoms with van der Waals surface area (Å²) in [5.41, 5.74) is 1.16. The summed E-state index contributed by atoms with van der Waals surface area (Å²) in [4.78, 5) is 25.3. The molecule has 26 heavy (non-hydrogen) atoms. The molecule has 0 radical (unpaired) electrons. The highest BCUT2D eigenvalue weighted by molar-refractivity contribution is 7.16. The maximum Gasteiger partial charge on any atom is 0.387 e. The maximum atomic E-state index is 12.5. The number of rotatable bonds is 6. The molecule has 0 atom stereocenters. The van der Waals surface area contributed by atoms with E-state index < -0.39 is 18.5 Å². The monoisotopic (exact) mass is 385 g/mol. The van der Waals surface area contributed by atoms with E-state index in [0.717, 1.165) is 10.4 Å². The van der Waals surface area contributed by atoms with E-state index in [-0.39, 0.29) is 22.6 Å². The van der Waals surface area contributed by atoms with E-state index in [1.54, 1.807) is 6.92 Å². The molecule has 1 N–H and O–H groups in total. The first-order valence-electron chi connectivity index (χ1n) is 7.41. The third-order valence-electron chi connectivity index (χ3n) is 3.64. The number of hydrogen-bond donors (Lipinski definition) is 1. The Morgan fingerprint density at radius 2 is 1.85 bits per heavy atom. The van der Waals surface area contributed by atoms with E-state index in [1.807, 2.05) is 6.92 Å². The third kappa shape index (κ3) is 4.10.